The van der Waals surface area contributed by atoms with Crippen molar-refractivity contribution in [3.63, 3.8) is 0 Å². The maximum atomic E-state index is 13.6. The molecule has 1 aromatic heterocycles. The van der Waals surface area contributed by atoms with E-state index in [1.807, 2.05) is 20.8 Å². The zero-order chi connectivity index (χ0) is 17.2. The minimum atomic E-state index is -1.02. The lowest BCUT2D eigenvalue weighted by molar-refractivity contribution is -0.126. The Morgan fingerprint density at radius 2 is 2.17 bits per heavy atom. The zero-order valence-corrected chi connectivity index (χ0v) is 13.5. The number of aromatic nitrogens is 1. The summed E-state index contributed by atoms with van der Waals surface area (Å²) in [5, 5.41) is 12.0. The molecule has 1 aliphatic heterocycles. The molecular weight excluding hydrogens is 301 g/mol. The van der Waals surface area contributed by atoms with Gasteiger partial charge in [-0.05, 0) is 24.0 Å². The minimum absolute atomic E-state index is 0.00800. The molecule has 0 saturated carbocycles. The second kappa shape index (κ2) is 6.52. The Balaban J connectivity index is 2.09. The molecule has 1 saturated heterocycles. The first-order chi connectivity index (χ1) is 10.7. The lowest BCUT2D eigenvalue weighted by atomic mass is 9.79. The lowest BCUT2D eigenvalue weighted by Gasteiger charge is -2.36. The number of halogens is 1. The molecule has 1 aliphatic rings. The number of carboxylic acid groups (broad SMARTS) is 1. The van der Waals surface area contributed by atoms with E-state index in [1.165, 1.54) is 23.2 Å². The van der Waals surface area contributed by atoms with Gasteiger partial charge in [0, 0.05) is 12.7 Å². The summed E-state index contributed by atoms with van der Waals surface area (Å²) < 4.78 is 13.6. The Morgan fingerprint density at radius 3 is 2.74 bits per heavy atom. The molecule has 6 nitrogen and oxygen atoms in total. The number of nitrogens with one attached hydrogen (secondary N) is 1. The Hall–Kier alpha value is -2.18. The number of pyridine rings is 1. The van der Waals surface area contributed by atoms with Crippen molar-refractivity contribution in [1.82, 2.24) is 15.2 Å². The second-order valence-corrected chi connectivity index (χ2v) is 6.83. The number of nitrogens with zero attached hydrogens (tertiary/aromatic N) is 2. The van der Waals surface area contributed by atoms with Crippen molar-refractivity contribution < 1.29 is 19.1 Å². The van der Waals surface area contributed by atoms with Gasteiger partial charge in [0.15, 0.2) is 0 Å². The van der Waals surface area contributed by atoms with E-state index < -0.39 is 23.9 Å². The number of hydrogen-bond acceptors (Lipinski definition) is 3. The van der Waals surface area contributed by atoms with E-state index in [1.54, 1.807) is 0 Å². The minimum Gasteiger partial charge on any atom is -0.465 e. The van der Waals surface area contributed by atoms with E-state index in [9.17, 15) is 19.1 Å². The molecule has 0 bridgehead atoms. The fourth-order valence-corrected chi connectivity index (χ4v) is 3.20. The maximum Gasteiger partial charge on any atom is 0.407 e. The summed E-state index contributed by atoms with van der Waals surface area (Å²) in [4.78, 5) is 29.1. The van der Waals surface area contributed by atoms with Crippen LogP contribution in [-0.2, 0) is 11.3 Å². The van der Waals surface area contributed by atoms with Gasteiger partial charge in [0.1, 0.15) is 5.82 Å². The lowest BCUT2D eigenvalue weighted by Crippen LogP contribution is -2.49. The molecule has 1 aromatic rings. The first-order valence-corrected chi connectivity index (χ1v) is 7.58. The van der Waals surface area contributed by atoms with E-state index in [0.29, 0.717) is 13.0 Å². The van der Waals surface area contributed by atoms with Crippen LogP contribution >= 0.6 is 0 Å². The molecule has 0 radical (unpaired) electrons. The standard InChI is InChI=1S/C16H22FN3O3/c1-16(2,3)13-10(6-8-20(13)15(22)23)14(21)19-9-12-11(17)5-4-7-18-12/h4-5,7,10,13H,6,8-9H2,1-3H3,(H,19,21)(H,22,23). The molecule has 0 spiro atoms. The number of carbonyl (C=O) groups is 2. The van der Waals surface area contributed by atoms with Crippen LogP contribution in [0.2, 0.25) is 0 Å². The molecule has 0 aromatic carbocycles. The molecule has 2 amide bonds. The van der Waals surface area contributed by atoms with E-state index in [2.05, 4.69) is 10.3 Å². The Morgan fingerprint density at radius 1 is 1.48 bits per heavy atom. The highest BCUT2D eigenvalue weighted by atomic mass is 19.1. The van der Waals surface area contributed by atoms with Gasteiger partial charge in [0.05, 0.1) is 24.2 Å². The Kier molecular flexibility index (Phi) is 4.87. The topological polar surface area (TPSA) is 82.5 Å². The first kappa shape index (κ1) is 17.2. The van der Waals surface area contributed by atoms with E-state index >= 15 is 0 Å². The van der Waals surface area contributed by atoms with Crippen molar-refractivity contribution in [3.8, 4) is 0 Å². The molecule has 2 atom stereocenters. The molecule has 2 rings (SSSR count). The third kappa shape index (κ3) is 3.78. The quantitative estimate of drug-likeness (QED) is 0.894. The van der Waals surface area contributed by atoms with Crippen LogP contribution in [0.1, 0.15) is 32.9 Å². The molecule has 2 unspecified atom stereocenters. The number of amides is 2. The summed E-state index contributed by atoms with van der Waals surface area (Å²) in [5.41, 5.74) is -0.200. The number of carbonyl (C=O) groups excluding carboxylic acids is 1. The number of likely N-dealkylation sites (tertiary alicyclic amines) is 1. The van der Waals surface area contributed by atoms with Gasteiger partial charge in [0.25, 0.3) is 0 Å². The third-order valence-electron chi connectivity index (χ3n) is 4.13. The number of rotatable bonds is 3. The summed E-state index contributed by atoms with van der Waals surface area (Å²) in [7, 11) is 0. The van der Waals surface area contributed by atoms with Crippen LogP contribution in [0.25, 0.3) is 0 Å². The first-order valence-electron chi connectivity index (χ1n) is 7.58. The van der Waals surface area contributed by atoms with Crippen LogP contribution in [0.5, 0.6) is 0 Å². The van der Waals surface area contributed by atoms with Crippen LogP contribution in [-0.4, -0.2) is 39.6 Å². The normalized spacial score (nSPS) is 21.3. The van der Waals surface area contributed by atoms with Gasteiger partial charge in [-0.3, -0.25) is 9.78 Å². The summed E-state index contributed by atoms with van der Waals surface area (Å²) in [6.45, 7) is 6.06. The van der Waals surface area contributed by atoms with Gasteiger partial charge in [-0.1, -0.05) is 20.8 Å². The van der Waals surface area contributed by atoms with Gasteiger partial charge in [-0.25, -0.2) is 9.18 Å². The van der Waals surface area contributed by atoms with E-state index in [-0.39, 0.29) is 23.6 Å². The largest absolute Gasteiger partial charge is 0.465 e. The van der Waals surface area contributed by atoms with Crippen LogP contribution in [0, 0.1) is 17.2 Å². The highest BCUT2D eigenvalue weighted by Crippen LogP contribution is 2.37. The molecule has 126 valence electrons. The summed E-state index contributed by atoms with van der Waals surface area (Å²) in [6.07, 6.45) is 0.908. The van der Waals surface area contributed by atoms with Crippen molar-refractivity contribution in [3.05, 3.63) is 29.8 Å². The average molecular weight is 323 g/mol. The van der Waals surface area contributed by atoms with Crippen LogP contribution in [0.15, 0.2) is 18.3 Å². The maximum absolute atomic E-state index is 13.6. The predicted molar refractivity (Wildman–Crippen MR) is 82.1 cm³/mol. The molecule has 2 heterocycles. The summed E-state index contributed by atoms with van der Waals surface area (Å²) >= 11 is 0. The fraction of sp³-hybridized carbons (Fsp3) is 0.562. The molecule has 7 heteroatoms. The van der Waals surface area contributed by atoms with Crippen LogP contribution < -0.4 is 5.32 Å². The van der Waals surface area contributed by atoms with Crippen molar-refractivity contribution in [2.75, 3.05) is 6.54 Å². The second-order valence-electron chi connectivity index (χ2n) is 6.83. The molecule has 0 aliphatic carbocycles. The van der Waals surface area contributed by atoms with Gasteiger partial charge >= 0.3 is 6.09 Å². The molecular formula is C16H22FN3O3. The fourth-order valence-electron chi connectivity index (χ4n) is 3.20. The average Bonchev–Trinajstić information content (AvgIpc) is 2.91. The van der Waals surface area contributed by atoms with Crippen molar-refractivity contribution in [2.24, 2.45) is 11.3 Å². The molecule has 1 fully saturated rings. The molecule has 23 heavy (non-hydrogen) atoms. The van der Waals surface area contributed by atoms with Gasteiger partial charge in [-0.2, -0.15) is 0 Å². The highest BCUT2D eigenvalue weighted by Gasteiger charge is 2.46. The SMILES string of the molecule is CC(C)(C)C1C(C(=O)NCc2ncccc2F)CCN1C(=O)O. The monoisotopic (exact) mass is 323 g/mol. The van der Waals surface area contributed by atoms with Gasteiger partial charge in [-0.15, -0.1) is 0 Å². The Labute approximate surface area is 134 Å². The highest BCUT2D eigenvalue weighted by molar-refractivity contribution is 5.81. The summed E-state index contributed by atoms with van der Waals surface area (Å²) in [6, 6.07) is 2.36. The van der Waals surface area contributed by atoms with E-state index in [4.69, 9.17) is 0 Å². The smallest absolute Gasteiger partial charge is 0.407 e. The van der Waals surface area contributed by atoms with Crippen LogP contribution in [0.4, 0.5) is 9.18 Å². The van der Waals surface area contributed by atoms with Crippen molar-refractivity contribution in [2.45, 2.75) is 39.8 Å². The van der Waals surface area contributed by atoms with Crippen LogP contribution in [0.3, 0.4) is 0 Å². The zero-order valence-electron chi connectivity index (χ0n) is 13.5. The molecule has 2 N–H and O–H groups in total. The van der Waals surface area contributed by atoms with E-state index in [0.717, 1.165) is 0 Å². The predicted octanol–water partition coefficient (Wildman–Crippen LogP) is 2.25. The summed E-state index contributed by atoms with van der Waals surface area (Å²) in [5.74, 6) is -1.18. The van der Waals surface area contributed by atoms with Gasteiger partial charge in [0.2, 0.25) is 5.91 Å². The van der Waals surface area contributed by atoms with Crippen molar-refractivity contribution >= 4 is 12.0 Å². The van der Waals surface area contributed by atoms with Gasteiger partial charge < -0.3 is 15.3 Å². The third-order valence-corrected chi connectivity index (χ3v) is 4.13. The van der Waals surface area contributed by atoms with Crippen molar-refractivity contribution in [1.29, 1.82) is 0 Å². The Bertz CT molecular complexity index is 600. The number of hydrogen-bond donors (Lipinski definition) is 2.